The van der Waals surface area contributed by atoms with Crippen molar-refractivity contribution in [3.8, 4) is 0 Å². The van der Waals surface area contributed by atoms with Crippen LogP contribution in [0.5, 0.6) is 0 Å². The Hall–Kier alpha value is -2.37. The van der Waals surface area contributed by atoms with Crippen molar-refractivity contribution >= 4 is 11.5 Å². The molecule has 122 valence electrons. The number of rotatable bonds is 5. The van der Waals surface area contributed by atoms with E-state index in [0.29, 0.717) is 0 Å². The molecule has 0 saturated carbocycles. The summed E-state index contributed by atoms with van der Waals surface area (Å²) >= 11 is 0. The van der Waals surface area contributed by atoms with Crippen molar-refractivity contribution in [2.45, 2.75) is 46.6 Å². The lowest BCUT2D eigenvalue weighted by molar-refractivity contribution is 0.728. The highest BCUT2D eigenvalue weighted by Crippen LogP contribution is 2.25. The highest BCUT2D eigenvalue weighted by Gasteiger charge is 2.17. The molecular weight excluding hydrogens is 288 g/mol. The Labute approximate surface area is 136 Å². The molecule has 3 aromatic rings. The van der Waals surface area contributed by atoms with E-state index in [2.05, 4.69) is 54.3 Å². The number of hydrogen-bond acceptors (Lipinski definition) is 4. The minimum atomic E-state index is 0.146. The van der Waals surface area contributed by atoms with Crippen LogP contribution in [0.25, 0.3) is 5.65 Å². The first-order valence-electron chi connectivity index (χ1n) is 8.11. The number of aryl methyl sites for hydroxylation is 3. The first kappa shape index (κ1) is 15.5. The van der Waals surface area contributed by atoms with Crippen LogP contribution in [0.4, 0.5) is 5.82 Å². The van der Waals surface area contributed by atoms with Crippen molar-refractivity contribution in [2.75, 3.05) is 5.32 Å². The van der Waals surface area contributed by atoms with Crippen LogP contribution in [-0.4, -0.2) is 24.4 Å². The Balaban J connectivity index is 1.98. The van der Waals surface area contributed by atoms with E-state index < -0.39 is 0 Å². The molecule has 1 N–H and O–H groups in total. The van der Waals surface area contributed by atoms with Gasteiger partial charge in [-0.05, 0) is 27.2 Å². The van der Waals surface area contributed by atoms with Crippen LogP contribution < -0.4 is 5.32 Å². The molecule has 0 fully saturated rings. The van der Waals surface area contributed by atoms with Crippen molar-refractivity contribution in [1.82, 2.24) is 24.4 Å². The highest BCUT2D eigenvalue weighted by atomic mass is 15.3. The zero-order chi connectivity index (χ0) is 16.6. The number of anilines is 1. The maximum Gasteiger partial charge on any atom is 0.157 e. The summed E-state index contributed by atoms with van der Waals surface area (Å²) in [6.45, 7) is 8.48. The van der Waals surface area contributed by atoms with Crippen LogP contribution in [0.3, 0.4) is 0 Å². The molecule has 0 spiro atoms. The molecule has 0 aliphatic rings. The molecule has 3 heterocycles. The van der Waals surface area contributed by atoms with Crippen molar-refractivity contribution in [2.24, 2.45) is 7.05 Å². The average Bonchev–Trinajstić information content (AvgIpc) is 3.05. The van der Waals surface area contributed by atoms with E-state index in [-0.39, 0.29) is 6.04 Å². The van der Waals surface area contributed by atoms with E-state index in [9.17, 15) is 0 Å². The first-order valence-corrected chi connectivity index (χ1v) is 8.11. The van der Waals surface area contributed by atoms with Gasteiger partial charge in [-0.25, -0.2) is 4.98 Å². The van der Waals surface area contributed by atoms with E-state index >= 15 is 0 Å². The quantitative estimate of drug-likeness (QED) is 0.786. The van der Waals surface area contributed by atoms with Crippen LogP contribution in [-0.2, 0) is 13.5 Å². The fourth-order valence-corrected chi connectivity index (χ4v) is 3.16. The van der Waals surface area contributed by atoms with Crippen LogP contribution in [0, 0.1) is 13.8 Å². The van der Waals surface area contributed by atoms with Gasteiger partial charge in [-0.15, -0.1) is 0 Å². The molecule has 0 saturated heterocycles. The van der Waals surface area contributed by atoms with E-state index in [1.54, 1.807) is 6.20 Å². The van der Waals surface area contributed by atoms with Gasteiger partial charge in [0.1, 0.15) is 5.82 Å². The fraction of sp³-hybridized carbons (Fsp3) is 0.471. The summed E-state index contributed by atoms with van der Waals surface area (Å²) in [4.78, 5) is 4.65. The maximum absolute atomic E-state index is 4.65. The fourth-order valence-electron chi connectivity index (χ4n) is 3.16. The van der Waals surface area contributed by atoms with Crippen LogP contribution in [0.1, 0.15) is 49.0 Å². The van der Waals surface area contributed by atoms with Crippen molar-refractivity contribution < 1.29 is 0 Å². The number of fused-ring (bicyclic) bond motifs is 1. The van der Waals surface area contributed by atoms with Gasteiger partial charge in [0.15, 0.2) is 5.65 Å². The molecule has 23 heavy (non-hydrogen) atoms. The molecule has 1 atom stereocenters. The Morgan fingerprint density at radius 1 is 1.30 bits per heavy atom. The van der Waals surface area contributed by atoms with Crippen molar-refractivity contribution in [3.63, 3.8) is 0 Å². The van der Waals surface area contributed by atoms with Gasteiger partial charge in [-0.1, -0.05) is 13.3 Å². The topological polar surface area (TPSA) is 60.0 Å². The van der Waals surface area contributed by atoms with Crippen LogP contribution >= 0.6 is 0 Å². The lowest BCUT2D eigenvalue weighted by Gasteiger charge is -2.17. The Morgan fingerprint density at radius 3 is 2.74 bits per heavy atom. The molecule has 0 aliphatic carbocycles. The summed E-state index contributed by atoms with van der Waals surface area (Å²) in [5, 5.41) is 12.5. The van der Waals surface area contributed by atoms with Crippen molar-refractivity contribution in [3.05, 3.63) is 41.0 Å². The highest BCUT2D eigenvalue weighted by molar-refractivity contribution is 5.50. The Morgan fingerprint density at radius 2 is 2.09 bits per heavy atom. The van der Waals surface area contributed by atoms with Crippen LogP contribution in [0.2, 0.25) is 0 Å². The minimum absolute atomic E-state index is 0.146. The largest absolute Gasteiger partial charge is 0.363 e. The van der Waals surface area contributed by atoms with E-state index in [1.165, 1.54) is 11.3 Å². The summed E-state index contributed by atoms with van der Waals surface area (Å²) in [6, 6.07) is 4.18. The third-order valence-electron chi connectivity index (χ3n) is 4.28. The third kappa shape index (κ3) is 2.81. The molecule has 0 aliphatic heterocycles. The van der Waals surface area contributed by atoms with Gasteiger partial charge in [0, 0.05) is 36.1 Å². The molecule has 0 amide bonds. The van der Waals surface area contributed by atoms with Gasteiger partial charge in [0.2, 0.25) is 0 Å². The molecule has 0 bridgehead atoms. The van der Waals surface area contributed by atoms with Crippen LogP contribution in [0.15, 0.2) is 18.3 Å². The molecule has 0 radical (unpaired) electrons. The molecule has 3 aromatic heterocycles. The monoisotopic (exact) mass is 312 g/mol. The normalized spacial score (nSPS) is 12.7. The second-order valence-electron chi connectivity index (χ2n) is 6.06. The van der Waals surface area contributed by atoms with E-state index in [1.807, 2.05) is 22.3 Å². The summed E-state index contributed by atoms with van der Waals surface area (Å²) in [5.74, 6) is 0.971. The van der Waals surface area contributed by atoms with Gasteiger partial charge in [0.05, 0.1) is 17.9 Å². The summed E-state index contributed by atoms with van der Waals surface area (Å²) in [5.41, 5.74) is 5.45. The third-order valence-corrected chi connectivity index (χ3v) is 4.28. The lowest BCUT2D eigenvalue weighted by atomic mass is 10.1. The molecule has 6 nitrogen and oxygen atoms in total. The zero-order valence-electron chi connectivity index (χ0n) is 14.5. The first-order chi connectivity index (χ1) is 11.0. The second-order valence-corrected chi connectivity index (χ2v) is 6.06. The predicted octanol–water partition coefficient (Wildman–Crippen LogP) is 3.21. The molecule has 6 heteroatoms. The summed E-state index contributed by atoms with van der Waals surface area (Å²) in [6.07, 6.45) is 3.83. The SMILES string of the molecule is CCCc1cc(N[C@@H](C)c2c(C)nn(C)c2C)n2nccc2n1. The maximum atomic E-state index is 4.65. The number of nitrogens with one attached hydrogen (secondary N) is 1. The van der Waals surface area contributed by atoms with Gasteiger partial charge in [-0.3, -0.25) is 4.68 Å². The van der Waals surface area contributed by atoms with Gasteiger partial charge in [0.25, 0.3) is 0 Å². The summed E-state index contributed by atoms with van der Waals surface area (Å²) in [7, 11) is 1.98. The summed E-state index contributed by atoms with van der Waals surface area (Å²) < 4.78 is 3.79. The lowest BCUT2D eigenvalue weighted by Crippen LogP contribution is -2.13. The van der Waals surface area contributed by atoms with E-state index in [4.69, 9.17) is 0 Å². The smallest absolute Gasteiger partial charge is 0.157 e. The van der Waals surface area contributed by atoms with Gasteiger partial charge in [-0.2, -0.15) is 14.7 Å². The van der Waals surface area contributed by atoms with Crippen molar-refractivity contribution in [1.29, 1.82) is 0 Å². The second kappa shape index (κ2) is 6.02. The van der Waals surface area contributed by atoms with Gasteiger partial charge < -0.3 is 5.32 Å². The standard InChI is InChI=1S/C17H24N6/c1-6-7-14-10-16(23-15(20-14)8-9-18-23)19-11(2)17-12(3)21-22(5)13(17)4/h8-11,19H,6-7H2,1-5H3/t11-/m0/s1. The number of hydrogen-bond donors (Lipinski definition) is 1. The molecule has 0 aromatic carbocycles. The average molecular weight is 312 g/mol. The minimum Gasteiger partial charge on any atom is -0.363 e. The Bertz CT molecular complexity index is 829. The zero-order valence-corrected chi connectivity index (χ0v) is 14.5. The number of nitrogens with zero attached hydrogens (tertiary/aromatic N) is 5. The Kier molecular flexibility index (Phi) is 4.07. The predicted molar refractivity (Wildman–Crippen MR) is 91.7 cm³/mol. The molecule has 0 unspecified atom stereocenters. The number of aromatic nitrogens is 5. The molecule has 3 rings (SSSR count). The molecular formula is C17H24N6. The van der Waals surface area contributed by atoms with Gasteiger partial charge >= 0.3 is 0 Å². The van der Waals surface area contributed by atoms with E-state index in [0.717, 1.165) is 35.7 Å².